The lowest BCUT2D eigenvalue weighted by atomic mass is 9.93. The van der Waals surface area contributed by atoms with Crippen molar-refractivity contribution in [2.24, 2.45) is 5.92 Å². The van der Waals surface area contributed by atoms with Crippen molar-refractivity contribution in [3.8, 4) is 5.75 Å². The van der Waals surface area contributed by atoms with Gasteiger partial charge >= 0.3 is 0 Å². The minimum absolute atomic E-state index is 0.173. The van der Waals surface area contributed by atoms with Gasteiger partial charge < -0.3 is 4.74 Å². The lowest BCUT2D eigenvalue weighted by Crippen LogP contribution is -2.42. The summed E-state index contributed by atoms with van der Waals surface area (Å²) in [6, 6.07) is 14.0. The van der Waals surface area contributed by atoms with Crippen molar-refractivity contribution in [1.29, 1.82) is 0 Å². The Kier molecular flexibility index (Phi) is 3.21. The molecule has 0 radical (unpaired) electrons. The number of rotatable bonds is 2. The van der Waals surface area contributed by atoms with Gasteiger partial charge in [0.1, 0.15) is 5.75 Å². The van der Waals surface area contributed by atoms with Crippen LogP contribution in [-0.4, -0.2) is 21.0 Å². The number of Topliss-reactive ketones (excluding diaryl/α,β-unsaturated/α-hetero) is 1. The second kappa shape index (κ2) is 5.07. The Balaban J connectivity index is 2.17. The van der Waals surface area contributed by atoms with E-state index in [4.69, 9.17) is 4.74 Å². The smallest absolute Gasteiger partial charge is 0.175 e. The van der Waals surface area contributed by atoms with E-state index in [0.29, 0.717) is 0 Å². The Morgan fingerprint density at radius 1 is 1.04 bits per heavy atom. The molecule has 1 atom stereocenters. The van der Waals surface area contributed by atoms with Gasteiger partial charge in [0.2, 0.25) is 0 Å². The van der Waals surface area contributed by atoms with Crippen LogP contribution >= 0.6 is 0 Å². The maximum atomic E-state index is 13.2. The summed E-state index contributed by atoms with van der Waals surface area (Å²) < 4.78 is 5.42. The molecule has 4 rings (SSSR count). The van der Waals surface area contributed by atoms with E-state index in [0.717, 1.165) is 32.9 Å². The third-order valence-corrected chi connectivity index (χ3v) is 7.09. The maximum Gasteiger partial charge on any atom is 0.175 e. The first-order valence-corrected chi connectivity index (χ1v) is 11.7. The monoisotopic (exact) mass is 332 g/mol. The molecule has 0 saturated carbocycles. The molecule has 3 heteroatoms. The average Bonchev–Trinajstić information content (AvgIpc) is 2.84. The number of carbonyl (C=O) groups excluding carboxylic acids is 1. The number of allylic oxidation sites excluding steroid dienone is 1. The van der Waals surface area contributed by atoms with Crippen LogP contribution < -0.4 is 15.2 Å². The van der Waals surface area contributed by atoms with Gasteiger partial charge in [-0.25, -0.2) is 0 Å². The van der Waals surface area contributed by atoms with E-state index < -0.39 is 8.07 Å². The van der Waals surface area contributed by atoms with Gasteiger partial charge in [0.25, 0.3) is 0 Å². The first-order valence-electron chi connectivity index (χ1n) is 8.25. The number of ether oxygens (including phenoxy) is 1. The van der Waals surface area contributed by atoms with Gasteiger partial charge in [0.05, 0.1) is 21.1 Å². The van der Waals surface area contributed by atoms with E-state index in [1.807, 2.05) is 30.3 Å². The van der Waals surface area contributed by atoms with E-state index >= 15 is 0 Å². The molecule has 2 aromatic carbocycles. The summed E-state index contributed by atoms with van der Waals surface area (Å²) in [5, 5.41) is 3.51. The zero-order valence-corrected chi connectivity index (χ0v) is 15.4. The fraction of sp³-hybridized carbons (Fsp3) is 0.238. The molecular weight excluding hydrogens is 312 g/mol. The first kappa shape index (κ1) is 15.2. The van der Waals surface area contributed by atoms with Gasteiger partial charge in [-0.3, -0.25) is 4.79 Å². The molecule has 0 amide bonds. The molecule has 0 bridgehead atoms. The Labute approximate surface area is 142 Å². The van der Waals surface area contributed by atoms with Crippen molar-refractivity contribution in [3.05, 3.63) is 64.0 Å². The molecule has 0 fully saturated rings. The van der Waals surface area contributed by atoms with Crippen molar-refractivity contribution < 1.29 is 9.53 Å². The van der Waals surface area contributed by atoms with Crippen LogP contribution in [0.5, 0.6) is 5.75 Å². The van der Waals surface area contributed by atoms with Crippen LogP contribution in [0, 0.1) is 5.92 Å². The number of hydrogen-bond acceptors (Lipinski definition) is 2. The van der Waals surface area contributed by atoms with E-state index in [2.05, 4.69) is 37.5 Å². The molecule has 2 aliphatic carbocycles. The zero-order chi connectivity index (χ0) is 17.1. The molecule has 0 N–H and O–H groups in total. The van der Waals surface area contributed by atoms with E-state index in [1.54, 1.807) is 7.11 Å². The Morgan fingerprint density at radius 2 is 1.75 bits per heavy atom. The summed E-state index contributed by atoms with van der Waals surface area (Å²) >= 11 is 0. The molecule has 2 nitrogen and oxygen atoms in total. The lowest BCUT2D eigenvalue weighted by molar-refractivity contribution is 0.0980. The molecule has 0 aromatic heterocycles. The quantitative estimate of drug-likeness (QED) is 0.790. The molecule has 120 valence electrons. The molecule has 2 aliphatic rings. The summed E-state index contributed by atoms with van der Waals surface area (Å²) in [6.07, 6.45) is 0. The van der Waals surface area contributed by atoms with Crippen LogP contribution in [0.15, 0.2) is 42.5 Å². The summed E-state index contributed by atoms with van der Waals surface area (Å²) in [7, 11) is -0.0498. The Morgan fingerprint density at radius 3 is 2.42 bits per heavy atom. The van der Waals surface area contributed by atoms with Crippen molar-refractivity contribution in [1.82, 2.24) is 0 Å². The average molecular weight is 332 g/mol. The Hall–Kier alpha value is -2.35. The number of hydrogen-bond donors (Lipinski definition) is 0. The third kappa shape index (κ3) is 2.06. The number of fused-ring (bicyclic) bond motifs is 4. The molecule has 0 saturated heterocycles. The molecule has 2 aromatic rings. The number of carbonyl (C=O) groups is 1. The molecule has 0 aliphatic heterocycles. The zero-order valence-electron chi connectivity index (χ0n) is 14.4. The van der Waals surface area contributed by atoms with Crippen LogP contribution in [0.1, 0.15) is 15.9 Å². The van der Waals surface area contributed by atoms with Crippen LogP contribution in [0.25, 0.3) is 16.5 Å². The second-order valence-electron chi connectivity index (χ2n) is 7.46. The van der Waals surface area contributed by atoms with Gasteiger partial charge in [-0.05, 0) is 29.0 Å². The van der Waals surface area contributed by atoms with Gasteiger partial charge in [0, 0.05) is 16.4 Å². The highest BCUT2D eigenvalue weighted by molar-refractivity contribution is 6.93. The number of methoxy groups -OCH3 is 1. The van der Waals surface area contributed by atoms with E-state index in [9.17, 15) is 4.79 Å². The molecular formula is C21H20O2Si. The highest BCUT2D eigenvalue weighted by atomic mass is 28.3. The van der Waals surface area contributed by atoms with Gasteiger partial charge in [-0.1, -0.05) is 49.1 Å². The fourth-order valence-corrected chi connectivity index (χ4v) is 6.07. The van der Waals surface area contributed by atoms with Crippen molar-refractivity contribution in [2.75, 3.05) is 7.11 Å². The van der Waals surface area contributed by atoms with Gasteiger partial charge in [-0.15, -0.1) is 5.73 Å². The lowest BCUT2D eigenvalue weighted by Gasteiger charge is -2.28. The highest BCUT2D eigenvalue weighted by Crippen LogP contribution is 2.44. The third-order valence-electron chi connectivity index (χ3n) is 4.92. The van der Waals surface area contributed by atoms with Crippen LogP contribution in [-0.2, 0) is 0 Å². The van der Waals surface area contributed by atoms with Crippen molar-refractivity contribution >= 4 is 30.4 Å². The summed E-state index contributed by atoms with van der Waals surface area (Å²) in [5.74, 6) is 0.880. The van der Waals surface area contributed by atoms with Crippen LogP contribution in [0.3, 0.4) is 0 Å². The highest BCUT2D eigenvalue weighted by Gasteiger charge is 2.42. The first-order chi connectivity index (χ1) is 11.4. The topological polar surface area (TPSA) is 26.3 Å². The normalized spacial score (nSPS) is 18.3. The summed E-state index contributed by atoms with van der Waals surface area (Å²) in [4.78, 5) is 13.2. The minimum Gasteiger partial charge on any atom is -0.497 e. The predicted octanol–water partition coefficient (Wildman–Crippen LogP) is 3.01. The van der Waals surface area contributed by atoms with E-state index in [1.165, 1.54) is 5.20 Å². The molecule has 1 unspecified atom stereocenters. The van der Waals surface area contributed by atoms with Crippen molar-refractivity contribution in [3.63, 3.8) is 0 Å². The Bertz CT molecular complexity index is 1030. The largest absolute Gasteiger partial charge is 0.497 e. The van der Waals surface area contributed by atoms with Crippen LogP contribution in [0.4, 0.5) is 0 Å². The van der Waals surface area contributed by atoms with Crippen LogP contribution in [0.2, 0.25) is 19.6 Å². The standard InChI is InChI=1S/C21H20O2Si/c1-23-14-10-9-13-11-18-15-7-5-6-8-16(15)20(22)19(18)21(17(13)12-14)24(2,3)4/h5-10,12,19H,1-4H3. The van der Waals surface area contributed by atoms with Gasteiger partial charge in [0.15, 0.2) is 5.78 Å². The SMILES string of the molecule is COc1ccc2c(c1)=C([Si](C)(C)C)C1C(=O)c3ccccc3C1=C=2. The maximum absolute atomic E-state index is 13.2. The number of benzene rings is 2. The van der Waals surface area contributed by atoms with Gasteiger partial charge in [-0.2, -0.15) is 0 Å². The summed E-state index contributed by atoms with van der Waals surface area (Å²) in [5.41, 5.74) is 6.47. The molecule has 24 heavy (non-hydrogen) atoms. The number of ketones is 1. The van der Waals surface area contributed by atoms with Crippen molar-refractivity contribution in [2.45, 2.75) is 19.6 Å². The molecule has 0 heterocycles. The predicted molar refractivity (Wildman–Crippen MR) is 100 cm³/mol. The molecule has 0 spiro atoms. The second-order valence-corrected chi connectivity index (χ2v) is 12.5. The fourth-order valence-electron chi connectivity index (χ4n) is 3.91. The van der Waals surface area contributed by atoms with E-state index in [-0.39, 0.29) is 11.7 Å². The summed E-state index contributed by atoms with van der Waals surface area (Å²) in [6.45, 7) is 6.93. The minimum atomic E-state index is -1.73.